The number of aryl methyl sites for hydroxylation is 1. The van der Waals surface area contributed by atoms with Crippen LogP contribution in [0.2, 0.25) is 0 Å². The highest BCUT2D eigenvalue weighted by molar-refractivity contribution is 6.25. The fourth-order valence-corrected chi connectivity index (χ4v) is 4.40. The molecule has 0 fully saturated rings. The number of para-hydroxylation sites is 1. The summed E-state index contributed by atoms with van der Waals surface area (Å²) in [6.07, 6.45) is 0. The molecule has 0 saturated heterocycles. The van der Waals surface area contributed by atoms with E-state index in [-0.39, 0.29) is 0 Å². The van der Waals surface area contributed by atoms with Crippen LogP contribution in [0.3, 0.4) is 0 Å². The third kappa shape index (κ3) is 2.12. The molecule has 1 aromatic heterocycles. The molecular formula is C26H18N2. The van der Waals surface area contributed by atoms with Crippen molar-refractivity contribution in [1.29, 1.82) is 0 Å². The summed E-state index contributed by atoms with van der Waals surface area (Å²) in [5, 5.41) is 12.8. The van der Waals surface area contributed by atoms with Gasteiger partial charge in [0.15, 0.2) is 0 Å². The Morgan fingerprint density at radius 2 is 1.32 bits per heavy atom. The van der Waals surface area contributed by atoms with E-state index >= 15 is 0 Å². The fourth-order valence-electron chi connectivity index (χ4n) is 4.40. The van der Waals surface area contributed by atoms with Crippen molar-refractivity contribution in [2.75, 3.05) is 0 Å². The van der Waals surface area contributed by atoms with Gasteiger partial charge in [-0.25, -0.2) is 4.68 Å². The lowest BCUT2D eigenvalue weighted by Crippen LogP contribution is -1.98. The maximum absolute atomic E-state index is 4.95. The van der Waals surface area contributed by atoms with Crippen molar-refractivity contribution in [3.05, 3.63) is 96.7 Å². The molecule has 2 heteroatoms. The molecule has 132 valence electrons. The quantitative estimate of drug-likeness (QED) is 0.313. The van der Waals surface area contributed by atoms with Crippen LogP contribution < -0.4 is 0 Å². The smallest absolute Gasteiger partial charge is 0.0936 e. The van der Waals surface area contributed by atoms with E-state index in [1.807, 2.05) is 22.9 Å². The summed E-state index contributed by atoms with van der Waals surface area (Å²) >= 11 is 0. The molecule has 0 unspecified atom stereocenters. The second-order valence-electron chi connectivity index (χ2n) is 7.39. The molecule has 5 aromatic carbocycles. The number of nitrogens with zero attached hydrogens (tertiary/aromatic N) is 2. The zero-order valence-corrected chi connectivity index (χ0v) is 15.6. The second-order valence-corrected chi connectivity index (χ2v) is 7.39. The zero-order chi connectivity index (χ0) is 18.7. The SMILES string of the molecule is Cc1cc(-c2ccc3ccc4cccc5ccc2c3c45)nn1-c1ccccc1. The molecule has 0 aliphatic heterocycles. The lowest BCUT2D eigenvalue weighted by Gasteiger charge is -2.13. The first-order valence-corrected chi connectivity index (χ1v) is 9.58. The van der Waals surface area contributed by atoms with E-state index in [1.54, 1.807) is 0 Å². The highest BCUT2D eigenvalue weighted by Gasteiger charge is 2.14. The molecule has 0 amide bonds. The van der Waals surface area contributed by atoms with Crippen molar-refractivity contribution in [3.8, 4) is 16.9 Å². The molecule has 6 rings (SSSR count). The Kier molecular flexibility index (Phi) is 3.12. The van der Waals surface area contributed by atoms with Gasteiger partial charge in [-0.15, -0.1) is 0 Å². The molecule has 2 nitrogen and oxygen atoms in total. The Hall–Kier alpha value is -3.65. The van der Waals surface area contributed by atoms with E-state index in [4.69, 9.17) is 5.10 Å². The minimum atomic E-state index is 1.01. The van der Waals surface area contributed by atoms with Crippen LogP contribution in [-0.2, 0) is 0 Å². The normalized spacial score (nSPS) is 11.8. The maximum atomic E-state index is 4.95. The van der Waals surface area contributed by atoms with Gasteiger partial charge >= 0.3 is 0 Å². The van der Waals surface area contributed by atoms with Crippen molar-refractivity contribution < 1.29 is 0 Å². The minimum Gasteiger partial charge on any atom is -0.237 e. The number of hydrogen-bond acceptors (Lipinski definition) is 1. The van der Waals surface area contributed by atoms with Crippen molar-refractivity contribution in [1.82, 2.24) is 9.78 Å². The van der Waals surface area contributed by atoms with Gasteiger partial charge in [0.2, 0.25) is 0 Å². The highest BCUT2D eigenvalue weighted by Crippen LogP contribution is 2.39. The summed E-state index contributed by atoms with van der Waals surface area (Å²) in [7, 11) is 0. The Morgan fingerprint density at radius 1 is 0.643 bits per heavy atom. The Labute approximate surface area is 163 Å². The molecule has 0 radical (unpaired) electrons. The van der Waals surface area contributed by atoms with Gasteiger partial charge in [-0.05, 0) is 57.4 Å². The average molecular weight is 358 g/mol. The van der Waals surface area contributed by atoms with Crippen molar-refractivity contribution in [2.24, 2.45) is 0 Å². The highest BCUT2D eigenvalue weighted by atomic mass is 15.3. The topological polar surface area (TPSA) is 17.8 Å². The number of rotatable bonds is 2. The number of benzene rings is 5. The van der Waals surface area contributed by atoms with Gasteiger partial charge in [0, 0.05) is 11.3 Å². The molecule has 0 bridgehead atoms. The van der Waals surface area contributed by atoms with E-state index < -0.39 is 0 Å². The van der Waals surface area contributed by atoms with Gasteiger partial charge in [-0.3, -0.25) is 0 Å². The molecule has 6 aromatic rings. The average Bonchev–Trinajstić information content (AvgIpc) is 3.14. The summed E-state index contributed by atoms with van der Waals surface area (Å²) in [6.45, 7) is 2.11. The first-order valence-electron chi connectivity index (χ1n) is 9.58. The largest absolute Gasteiger partial charge is 0.237 e. The first kappa shape index (κ1) is 15.4. The molecule has 0 atom stereocenters. The Morgan fingerprint density at radius 3 is 2.11 bits per heavy atom. The van der Waals surface area contributed by atoms with Gasteiger partial charge in [0.05, 0.1) is 11.4 Å². The molecular weight excluding hydrogens is 340 g/mol. The van der Waals surface area contributed by atoms with Gasteiger partial charge in [0.25, 0.3) is 0 Å². The standard InChI is InChI=1S/C26H18N2/c1-17-16-24(27-28(17)21-8-3-2-4-9-21)22-14-12-20-11-10-18-6-5-7-19-13-15-23(22)26(20)25(18)19/h2-16H,1H3. The third-order valence-corrected chi connectivity index (χ3v) is 5.69. The van der Waals surface area contributed by atoms with Crippen molar-refractivity contribution >= 4 is 32.3 Å². The summed E-state index contributed by atoms with van der Waals surface area (Å²) in [5.74, 6) is 0. The van der Waals surface area contributed by atoms with Crippen LogP contribution in [-0.4, -0.2) is 9.78 Å². The molecule has 0 aliphatic carbocycles. The van der Waals surface area contributed by atoms with E-state index in [0.717, 1.165) is 17.1 Å². The van der Waals surface area contributed by atoms with Gasteiger partial charge in [-0.2, -0.15) is 5.10 Å². The molecule has 0 N–H and O–H groups in total. The van der Waals surface area contributed by atoms with Crippen molar-refractivity contribution in [2.45, 2.75) is 6.92 Å². The Bertz CT molecular complexity index is 1440. The number of aromatic nitrogens is 2. The number of hydrogen-bond donors (Lipinski definition) is 0. The predicted molar refractivity (Wildman–Crippen MR) is 117 cm³/mol. The van der Waals surface area contributed by atoms with E-state index in [1.165, 1.54) is 37.9 Å². The van der Waals surface area contributed by atoms with Crippen LogP contribution in [0.25, 0.3) is 49.3 Å². The summed E-state index contributed by atoms with van der Waals surface area (Å²) in [6, 6.07) is 32.4. The van der Waals surface area contributed by atoms with Gasteiger partial charge in [0.1, 0.15) is 0 Å². The van der Waals surface area contributed by atoms with Crippen LogP contribution in [0.5, 0.6) is 0 Å². The third-order valence-electron chi connectivity index (χ3n) is 5.69. The molecule has 0 saturated carbocycles. The zero-order valence-electron chi connectivity index (χ0n) is 15.6. The summed E-state index contributed by atoms with van der Waals surface area (Å²) < 4.78 is 2.02. The molecule has 0 aliphatic rings. The molecule has 0 spiro atoms. The molecule has 28 heavy (non-hydrogen) atoms. The van der Waals surface area contributed by atoms with Gasteiger partial charge in [-0.1, -0.05) is 72.8 Å². The monoisotopic (exact) mass is 358 g/mol. The lowest BCUT2D eigenvalue weighted by atomic mass is 9.91. The van der Waals surface area contributed by atoms with Crippen molar-refractivity contribution in [3.63, 3.8) is 0 Å². The van der Waals surface area contributed by atoms with E-state index in [2.05, 4.69) is 79.7 Å². The van der Waals surface area contributed by atoms with Gasteiger partial charge < -0.3 is 0 Å². The minimum absolute atomic E-state index is 1.01. The maximum Gasteiger partial charge on any atom is 0.0936 e. The first-order chi connectivity index (χ1) is 13.8. The molecule has 1 heterocycles. The lowest BCUT2D eigenvalue weighted by molar-refractivity contribution is 0.850. The van der Waals surface area contributed by atoms with E-state index in [0.29, 0.717) is 0 Å². The van der Waals surface area contributed by atoms with Crippen LogP contribution in [0, 0.1) is 6.92 Å². The van der Waals surface area contributed by atoms with Crippen LogP contribution in [0.1, 0.15) is 5.69 Å². The second kappa shape index (κ2) is 5.67. The summed E-state index contributed by atoms with van der Waals surface area (Å²) in [5.41, 5.74) is 4.42. The van der Waals surface area contributed by atoms with Crippen LogP contribution in [0.15, 0.2) is 91.0 Å². The predicted octanol–water partition coefficient (Wildman–Crippen LogP) is 6.75. The van der Waals surface area contributed by atoms with E-state index in [9.17, 15) is 0 Å². The summed E-state index contributed by atoms with van der Waals surface area (Å²) in [4.78, 5) is 0. The van der Waals surface area contributed by atoms with Crippen LogP contribution in [0.4, 0.5) is 0 Å². The Balaban J connectivity index is 1.65. The van der Waals surface area contributed by atoms with Crippen LogP contribution >= 0.6 is 0 Å². The fraction of sp³-hybridized carbons (Fsp3) is 0.0385.